The van der Waals surface area contributed by atoms with Crippen molar-refractivity contribution >= 4 is 23.5 Å². The largest absolute Gasteiger partial charge is 0.473 e. The molecule has 0 aromatic heterocycles. The third-order valence-electron chi connectivity index (χ3n) is 3.27. The Kier molecular flexibility index (Phi) is 11.8. The molecule has 0 saturated carbocycles. The molecule has 0 radical (unpaired) electrons. The van der Waals surface area contributed by atoms with E-state index in [0.717, 1.165) is 32.6 Å². The highest BCUT2D eigenvalue weighted by Gasteiger charge is 2.06. The summed E-state index contributed by atoms with van der Waals surface area (Å²) in [6.45, 7) is 8.92. The van der Waals surface area contributed by atoms with Gasteiger partial charge in [-0.25, -0.2) is 14.0 Å². The Hall–Kier alpha value is -1.70. The molecule has 0 saturated heterocycles. The first-order valence-corrected chi connectivity index (χ1v) is 8.03. The lowest BCUT2D eigenvalue weighted by molar-refractivity contribution is -0.159. The second-order valence-electron chi connectivity index (χ2n) is 4.87. The first-order valence-electron chi connectivity index (χ1n) is 7.65. The van der Waals surface area contributed by atoms with E-state index in [1.807, 2.05) is 0 Å². The molecule has 24 heavy (non-hydrogen) atoms. The summed E-state index contributed by atoms with van der Waals surface area (Å²) in [5.41, 5.74) is 0.557. The Morgan fingerprint density at radius 3 is 2.25 bits per heavy atom. The number of hydrogen-bond donors (Lipinski definition) is 3. The first-order chi connectivity index (χ1) is 11.3. The molecule has 0 spiro atoms. The van der Waals surface area contributed by atoms with Crippen molar-refractivity contribution in [1.82, 2.24) is 10.2 Å². The van der Waals surface area contributed by atoms with Gasteiger partial charge in [0.1, 0.15) is 5.82 Å². The van der Waals surface area contributed by atoms with Gasteiger partial charge in [0.15, 0.2) is 0 Å². The molecule has 0 amide bonds. The molecular weight excluding hydrogens is 339 g/mol. The molecule has 136 valence electrons. The van der Waals surface area contributed by atoms with Crippen molar-refractivity contribution in [3.05, 3.63) is 34.6 Å². The van der Waals surface area contributed by atoms with Crippen LogP contribution in [-0.4, -0.2) is 53.2 Å². The first kappa shape index (κ1) is 22.3. The topological polar surface area (TPSA) is 89.9 Å². The second kappa shape index (κ2) is 12.7. The highest BCUT2D eigenvalue weighted by atomic mass is 35.5. The van der Waals surface area contributed by atoms with Gasteiger partial charge >= 0.3 is 11.9 Å². The SMILES string of the molecule is CCN(CC)CCCNCc1c(F)cccc1Cl.O=C(O)C(=O)O. The summed E-state index contributed by atoms with van der Waals surface area (Å²) < 4.78 is 13.5. The second-order valence-corrected chi connectivity index (χ2v) is 5.27. The van der Waals surface area contributed by atoms with Gasteiger partial charge in [0.2, 0.25) is 0 Å². The average molecular weight is 363 g/mol. The van der Waals surface area contributed by atoms with Gasteiger partial charge in [0.05, 0.1) is 0 Å². The zero-order valence-corrected chi connectivity index (χ0v) is 14.6. The molecule has 0 heterocycles. The molecule has 0 fully saturated rings. The van der Waals surface area contributed by atoms with Gasteiger partial charge in [-0.2, -0.15) is 0 Å². The number of carboxylic acids is 2. The maximum atomic E-state index is 13.5. The predicted octanol–water partition coefficient (Wildman–Crippen LogP) is 2.46. The fourth-order valence-electron chi connectivity index (χ4n) is 1.88. The Morgan fingerprint density at radius 2 is 1.79 bits per heavy atom. The summed E-state index contributed by atoms with van der Waals surface area (Å²) in [7, 11) is 0. The molecule has 0 atom stereocenters. The summed E-state index contributed by atoms with van der Waals surface area (Å²) in [4.78, 5) is 20.6. The molecule has 0 aliphatic carbocycles. The molecule has 0 bridgehead atoms. The summed E-state index contributed by atoms with van der Waals surface area (Å²) in [5, 5.41) is 18.5. The zero-order chi connectivity index (χ0) is 18.5. The monoisotopic (exact) mass is 362 g/mol. The number of benzene rings is 1. The van der Waals surface area contributed by atoms with Crippen molar-refractivity contribution in [3.63, 3.8) is 0 Å². The van der Waals surface area contributed by atoms with Crippen LogP contribution in [-0.2, 0) is 16.1 Å². The van der Waals surface area contributed by atoms with Crippen LogP contribution in [0.2, 0.25) is 5.02 Å². The lowest BCUT2D eigenvalue weighted by Crippen LogP contribution is -2.27. The lowest BCUT2D eigenvalue weighted by Gasteiger charge is -2.17. The van der Waals surface area contributed by atoms with Crippen LogP contribution in [0.5, 0.6) is 0 Å². The number of aliphatic carboxylic acids is 2. The van der Waals surface area contributed by atoms with Crippen molar-refractivity contribution in [2.75, 3.05) is 26.2 Å². The molecule has 0 aliphatic heterocycles. The van der Waals surface area contributed by atoms with E-state index in [4.69, 9.17) is 31.4 Å². The third-order valence-corrected chi connectivity index (χ3v) is 3.62. The highest BCUT2D eigenvalue weighted by Crippen LogP contribution is 2.18. The fourth-order valence-corrected chi connectivity index (χ4v) is 2.11. The van der Waals surface area contributed by atoms with Gasteiger partial charge in [-0.1, -0.05) is 31.5 Å². The maximum Gasteiger partial charge on any atom is 0.414 e. The Labute approximate surface area is 146 Å². The van der Waals surface area contributed by atoms with Crippen molar-refractivity contribution in [1.29, 1.82) is 0 Å². The number of carbonyl (C=O) groups is 2. The van der Waals surface area contributed by atoms with Gasteiger partial charge < -0.3 is 20.4 Å². The van der Waals surface area contributed by atoms with Crippen molar-refractivity contribution in [2.24, 2.45) is 0 Å². The maximum absolute atomic E-state index is 13.5. The van der Waals surface area contributed by atoms with E-state index in [-0.39, 0.29) is 5.82 Å². The number of carboxylic acid groups (broad SMARTS) is 2. The lowest BCUT2D eigenvalue weighted by atomic mass is 10.2. The van der Waals surface area contributed by atoms with Crippen LogP contribution in [0.4, 0.5) is 4.39 Å². The highest BCUT2D eigenvalue weighted by molar-refractivity contribution is 6.31. The van der Waals surface area contributed by atoms with Crippen molar-refractivity contribution in [2.45, 2.75) is 26.8 Å². The van der Waals surface area contributed by atoms with E-state index in [1.54, 1.807) is 12.1 Å². The van der Waals surface area contributed by atoms with Gasteiger partial charge in [-0.15, -0.1) is 0 Å². The van der Waals surface area contributed by atoms with Crippen LogP contribution in [0.1, 0.15) is 25.8 Å². The van der Waals surface area contributed by atoms with E-state index in [1.165, 1.54) is 6.07 Å². The quantitative estimate of drug-likeness (QED) is 0.486. The van der Waals surface area contributed by atoms with E-state index < -0.39 is 11.9 Å². The van der Waals surface area contributed by atoms with Crippen LogP contribution in [0.25, 0.3) is 0 Å². The molecule has 1 rings (SSSR count). The van der Waals surface area contributed by atoms with Crippen molar-refractivity contribution < 1.29 is 24.2 Å². The average Bonchev–Trinajstić information content (AvgIpc) is 2.53. The van der Waals surface area contributed by atoms with Crippen molar-refractivity contribution in [3.8, 4) is 0 Å². The Balaban J connectivity index is 0.000000754. The summed E-state index contributed by atoms with van der Waals surface area (Å²) in [6, 6.07) is 4.79. The zero-order valence-electron chi connectivity index (χ0n) is 13.9. The summed E-state index contributed by atoms with van der Waals surface area (Å²) >= 11 is 5.95. The molecule has 0 unspecified atom stereocenters. The molecule has 1 aromatic carbocycles. The molecule has 0 aliphatic rings. The van der Waals surface area contributed by atoms with E-state index >= 15 is 0 Å². The van der Waals surface area contributed by atoms with Crippen LogP contribution < -0.4 is 5.32 Å². The van der Waals surface area contributed by atoms with Crippen LogP contribution in [0, 0.1) is 5.82 Å². The summed E-state index contributed by atoms with van der Waals surface area (Å²) in [6.07, 6.45) is 1.06. The molecule has 8 heteroatoms. The predicted molar refractivity (Wildman–Crippen MR) is 90.8 cm³/mol. The van der Waals surface area contributed by atoms with Gasteiger partial charge in [0.25, 0.3) is 0 Å². The normalized spacial score (nSPS) is 10.2. The van der Waals surface area contributed by atoms with Gasteiger partial charge in [-0.3, -0.25) is 0 Å². The number of nitrogens with zero attached hydrogens (tertiary/aromatic N) is 1. The van der Waals surface area contributed by atoms with Crippen LogP contribution >= 0.6 is 11.6 Å². The van der Waals surface area contributed by atoms with Gasteiger partial charge in [-0.05, 0) is 44.7 Å². The Morgan fingerprint density at radius 1 is 1.21 bits per heavy atom. The third kappa shape index (κ3) is 9.44. The van der Waals surface area contributed by atoms with Crippen LogP contribution in [0.15, 0.2) is 18.2 Å². The van der Waals surface area contributed by atoms with E-state index in [0.29, 0.717) is 17.1 Å². The molecule has 6 nitrogen and oxygen atoms in total. The number of hydrogen-bond acceptors (Lipinski definition) is 4. The standard InChI is InChI=1S/C14H22ClFN2.C2H2O4/c1-3-18(4-2)10-6-9-17-11-12-13(15)7-5-8-14(12)16;3-1(4)2(5)6/h5,7-8,17H,3-4,6,9-11H2,1-2H3;(H,3,4)(H,5,6). The number of rotatable bonds is 8. The minimum Gasteiger partial charge on any atom is -0.473 e. The Bertz CT molecular complexity index is 493. The molecule has 3 N–H and O–H groups in total. The smallest absolute Gasteiger partial charge is 0.414 e. The number of nitrogens with one attached hydrogen (secondary N) is 1. The van der Waals surface area contributed by atoms with Crippen LogP contribution in [0.3, 0.4) is 0 Å². The van der Waals surface area contributed by atoms with E-state index in [2.05, 4.69) is 24.1 Å². The summed E-state index contributed by atoms with van der Waals surface area (Å²) in [5.74, 6) is -3.89. The number of halogens is 2. The van der Waals surface area contributed by atoms with Gasteiger partial charge in [0, 0.05) is 17.1 Å². The van der Waals surface area contributed by atoms with E-state index in [9.17, 15) is 4.39 Å². The minimum absolute atomic E-state index is 0.237. The minimum atomic E-state index is -1.82. The molecular formula is C16H24ClFN2O4. The fraction of sp³-hybridized carbons (Fsp3) is 0.500. The molecule has 1 aromatic rings.